The first-order chi connectivity index (χ1) is 9.91. The van der Waals surface area contributed by atoms with Crippen LogP contribution in [0.2, 0.25) is 0 Å². The van der Waals surface area contributed by atoms with E-state index in [2.05, 4.69) is 23.7 Å². The summed E-state index contributed by atoms with van der Waals surface area (Å²) in [5.41, 5.74) is 5.82. The van der Waals surface area contributed by atoms with Crippen LogP contribution in [0.15, 0.2) is 16.6 Å². The van der Waals surface area contributed by atoms with Gasteiger partial charge in [-0.15, -0.1) is 11.3 Å². The Bertz CT molecular complexity index is 741. The lowest BCUT2D eigenvalue weighted by Crippen LogP contribution is -2.50. The summed E-state index contributed by atoms with van der Waals surface area (Å²) >= 11 is 1.37. The summed E-state index contributed by atoms with van der Waals surface area (Å²) in [6.07, 6.45) is 1.70. The van der Waals surface area contributed by atoms with Gasteiger partial charge >= 0.3 is 0 Å². The van der Waals surface area contributed by atoms with Gasteiger partial charge in [0.05, 0.1) is 0 Å². The standard InChI is InChI=1S/C12H19N5O2S2/c1-9(2)15-3-5-16(6-4-15)21(18,19)11-10(13)14-12-17(11)7-8-20-12/h7-9H,3-6,13H2,1-2H3. The van der Waals surface area contributed by atoms with Gasteiger partial charge in [0, 0.05) is 43.8 Å². The van der Waals surface area contributed by atoms with Crippen LogP contribution in [-0.2, 0) is 10.0 Å². The number of nitrogens with two attached hydrogens (primary N) is 1. The van der Waals surface area contributed by atoms with Gasteiger partial charge < -0.3 is 5.73 Å². The predicted octanol–water partition coefficient (Wildman–Crippen LogP) is 0.693. The molecule has 0 saturated carbocycles. The molecule has 9 heteroatoms. The molecule has 1 aliphatic rings. The van der Waals surface area contributed by atoms with Crippen molar-refractivity contribution in [3.63, 3.8) is 0 Å². The maximum atomic E-state index is 12.8. The van der Waals surface area contributed by atoms with E-state index >= 15 is 0 Å². The molecule has 2 aromatic rings. The van der Waals surface area contributed by atoms with Crippen molar-refractivity contribution in [2.24, 2.45) is 0 Å². The molecule has 0 unspecified atom stereocenters. The Morgan fingerprint density at radius 2 is 1.95 bits per heavy atom. The third-order valence-electron chi connectivity index (χ3n) is 3.83. The van der Waals surface area contributed by atoms with Crippen LogP contribution in [0.5, 0.6) is 0 Å². The van der Waals surface area contributed by atoms with Gasteiger partial charge in [0.15, 0.2) is 15.8 Å². The molecule has 0 aromatic carbocycles. The molecule has 0 atom stereocenters. The van der Waals surface area contributed by atoms with E-state index in [1.807, 2.05) is 0 Å². The second-order valence-corrected chi connectivity index (χ2v) is 8.12. The average Bonchev–Trinajstić information content (AvgIpc) is 2.98. The molecule has 2 N–H and O–H groups in total. The van der Waals surface area contributed by atoms with E-state index < -0.39 is 10.0 Å². The molecule has 3 rings (SSSR count). The Morgan fingerprint density at radius 1 is 1.29 bits per heavy atom. The van der Waals surface area contributed by atoms with Crippen molar-refractivity contribution < 1.29 is 8.42 Å². The number of imidazole rings is 1. The summed E-state index contributed by atoms with van der Waals surface area (Å²) in [6, 6.07) is 0.429. The number of sulfonamides is 1. The van der Waals surface area contributed by atoms with Gasteiger partial charge in [0.2, 0.25) is 0 Å². The molecule has 1 fully saturated rings. The van der Waals surface area contributed by atoms with Crippen molar-refractivity contribution in [3.05, 3.63) is 11.6 Å². The molecule has 0 amide bonds. The fraction of sp³-hybridized carbons (Fsp3) is 0.583. The van der Waals surface area contributed by atoms with Gasteiger partial charge in [-0.3, -0.25) is 9.30 Å². The number of aromatic nitrogens is 2. The highest BCUT2D eigenvalue weighted by Crippen LogP contribution is 2.27. The topological polar surface area (TPSA) is 83.9 Å². The number of hydrogen-bond acceptors (Lipinski definition) is 6. The summed E-state index contributed by atoms with van der Waals surface area (Å²) < 4.78 is 28.7. The van der Waals surface area contributed by atoms with E-state index in [1.54, 1.807) is 16.0 Å². The van der Waals surface area contributed by atoms with Crippen LogP contribution in [0.3, 0.4) is 0 Å². The van der Waals surface area contributed by atoms with Crippen molar-refractivity contribution >= 4 is 32.1 Å². The third kappa shape index (κ3) is 2.44. The van der Waals surface area contributed by atoms with E-state index in [1.165, 1.54) is 15.6 Å². The highest BCUT2D eigenvalue weighted by molar-refractivity contribution is 7.89. The molecule has 116 valence electrons. The number of fused-ring (bicyclic) bond motifs is 1. The molecule has 21 heavy (non-hydrogen) atoms. The van der Waals surface area contributed by atoms with Crippen LogP contribution in [0.4, 0.5) is 5.82 Å². The lowest BCUT2D eigenvalue weighted by atomic mass is 10.3. The van der Waals surface area contributed by atoms with E-state index in [0.29, 0.717) is 24.1 Å². The van der Waals surface area contributed by atoms with E-state index in [0.717, 1.165) is 13.1 Å². The van der Waals surface area contributed by atoms with E-state index in [-0.39, 0.29) is 10.8 Å². The van der Waals surface area contributed by atoms with E-state index in [4.69, 9.17) is 5.73 Å². The molecule has 0 radical (unpaired) electrons. The maximum Gasteiger partial charge on any atom is 0.262 e. The Labute approximate surface area is 128 Å². The minimum Gasteiger partial charge on any atom is -0.381 e. The summed E-state index contributed by atoms with van der Waals surface area (Å²) in [5.74, 6) is 0.0770. The Balaban J connectivity index is 1.91. The Kier molecular flexibility index (Phi) is 3.68. The number of anilines is 1. The SMILES string of the molecule is CC(C)N1CCN(S(=O)(=O)c2c(N)nc3sccn23)CC1. The number of nitrogens with zero attached hydrogens (tertiary/aromatic N) is 4. The zero-order chi connectivity index (χ0) is 15.2. The van der Waals surface area contributed by atoms with Crippen LogP contribution in [-0.4, -0.2) is 59.2 Å². The summed E-state index contributed by atoms with van der Waals surface area (Å²) in [4.78, 5) is 6.99. The van der Waals surface area contributed by atoms with Gasteiger partial charge in [0.25, 0.3) is 10.0 Å². The molecular formula is C12H19N5O2S2. The number of rotatable bonds is 3. The minimum absolute atomic E-state index is 0.0770. The number of hydrogen-bond donors (Lipinski definition) is 1. The number of thiazole rings is 1. The van der Waals surface area contributed by atoms with Crippen molar-refractivity contribution in [1.82, 2.24) is 18.6 Å². The minimum atomic E-state index is -3.61. The summed E-state index contributed by atoms with van der Waals surface area (Å²) in [7, 11) is -3.61. The average molecular weight is 329 g/mol. The van der Waals surface area contributed by atoms with Crippen molar-refractivity contribution in [1.29, 1.82) is 0 Å². The fourth-order valence-corrected chi connectivity index (χ4v) is 4.99. The lowest BCUT2D eigenvalue weighted by molar-refractivity contribution is 0.154. The normalized spacial score (nSPS) is 18.8. The monoisotopic (exact) mass is 329 g/mol. The van der Waals surface area contributed by atoms with Crippen molar-refractivity contribution in [3.8, 4) is 0 Å². The van der Waals surface area contributed by atoms with Crippen LogP contribution in [0, 0.1) is 0 Å². The Hall–Kier alpha value is -1.16. The smallest absolute Gasteiger partial charge is 0.262 e. The fourth-order valence-electron chi connectivity index (χ4n) is 2.62. The second-order valence-electron chi connectivity index (χ2n) is 5.39. The molecular weight excluding hydrogens is 310 g/mol. The van der Waals surface area contributed by atoms with Crippen LogP contribution in [0.25, 0.3) is 4.96 Å². The van der Waals surface area contributed by atoms with Gasteiger partial charge in [0.1, 0.15) is 0 Å². The largest absolute Gasteiger partial charge is 0.381 e. The third-order valence-corrected chi connectivity index (χ3v) is 6.53. The van der Waals surface area contributed by atoms with Gasteiger partial charge in [-0.2, -0.15) is 4.31 Å². The first-order valence-electron chi connectivity index (χ1n) is 6.86. The zero-order valence-electron chi connectivity index (χ0n) is 12.1. The Morgan fingerprint density at radius 3 is 2.57 bits per heavy atom. The molecule has 0 bridgehead atoms. The molecule has 2 aromatic heterocycles. The first kappa shape index (κ1) is 14.8. The maximum absolute atomic E-state index is 12.8. The second kappa shape index (κ2) is 5.24. The van der Waals surface area contributed by atoms with Gasteiger partial charge in [-0.25, -0.2) is 13.4 Å². The van der Waals surface area contributed by atoms with Gasteiger partial charge in [-0.1, -0.05) is 0 Å². The van der Waals surface area contributed by atoms with Crippen LogP contribution in [0.1, 0.15) is 13.8 Å². The highest BCUT2D eigenvalue weighted by Gasteiger charge is 2.33. The molecule has 0 aliphatic carbocycles. The molecule has 1 aliphatic heterocycles. The lowest BCUT2D eigenvalue weighted by Gasteiger charge is -2.36. The summed E-state index contributed by atoms with van der Waals surface area (Å²) in [5, 5.41) is 1.90. The molecule has 0 spiro atoms. The molecule has 3 heterocycles. The van der Waals surface area contributed by atoms with Gasteiger partial charge in [-0.05, 0) is 13.8 Å². The highest BCUT2D eigenvalue weighted by atomic mass is 32.2. The molecule has 1 saturated heterocycles. The van der Waals surface area contributed by atoms with Crippen LogP contribution >= 0.6 is 11.3 Å². The van der Waals surface area contributed by atoms with E-state index in [9.17, 15) is 8.42 Å². The number of piperazine rings is 1. The molecule has 7 nitrogen and oxygen atoms in total. The van der Waals surface area contributed by atoms with Crippen LogP contribution < -0.4 is 5.73 Å². The zero-order valence-corrected chi connectivity index (χ0v) is 13.7. The quantitative estimate of drug-likeness (QED) is 0.896. The first-order valence-corrected chi connectivity index (χ1v) is 9.18. The summed E-state index contributed by atoms with van der Waals surface area (Å²) in [6.45, 7) is 6.68. The van der Waals surface area contributed by atoms with Crippen molar-refractivity contribution in [2.45, 2.75) is 24.9 Å². The number of nitrogen functional groups attached to an aromatic ring is 1. The van der Waals surface area contributed by atoms with Crippen molar-refractivity contribution in [2.75, 3.05) is 31.9 Å². The predicted molar refractivity (Wildman–Crippen MR) is 82.9 cm³/mol.